The van der Waals surface area contributed by atoms with Crippen LogP contribution in [0.4, 0.5) is 5.95 Å². The van der Waals surface area contributed by atoms with E-state index in [2.05, 4.69) is 9.88 Å². The van der Waals surface area contributed by atoms with Gasteiger partial charge in [0.05, 0.1) is 24.1 Å². The smallest absolute Gasteiger partial charge is 0.262 e. The summed E-state index contributed by atoms with van der Waals surface area (Å²) in [7, 11) is 2.00. The van der Waals surface area contributed by atoms with Gasteiger partial charge >= 0.3 is 0 Å². The third kappa shape index (κ3) is 2.70. The number of imidazole rings is 1. The molecule has 0 spiro atoms. The van der Waals surface area contributed by atoms with Crippen LogP contribution in [0.2, 0.25) is 0 Å². The minimum Gasteiger partial charge on any atom is -0.395 e. The van der Waals surface area contributed by atoms with Gasteiger partial charge in [0.15, 0.2) is 0 Å². The summed E-state index contributed by atoms with van der Waals surface area (Å²) >= 11 is 0. The lowest BCUT2D eigenvalue weighted by Crippen LogP contribution is -2.32. The van der Waals surface area contributed by atoms with Crippen LogP contribution >= 0.6 is 0 Å². The molecule has 3 heterocycles. The van der Waals surface area contributed by atoms with Crippen molar-refractivity contribution in [1.82, 2.24) is 19.1 Å². The summed E-state index contributed by atoms with van der Waals surface area (Å²) in [4.78, 5) is 24.1. The van der Waals surface area contributed by atoms with Gasteiger partial charge in [0.1, 0.15) is 5.82 Å². The second-order valence-corrected chi connectivity index (χ2v) is 6.44. The van der Waals surface area contributed by atoms with Crippen LogP contribution in [0.15, 0.2) is 41.5 Å². The van der Waals surface area contributed by atoms with Crippen LogP contribution in [0.1, 0.15) is 18.2 Å². The maximum absolute atomic E-state index is 12.8. The fourth-order valence-electron chi connectivity index (χ4n) is 3.62. The van der Waals surface area contributed by atoms with Crippen molar-refractivity contribution in [3.63, 3.8) is 0 Å². The van der Waals surface area contributed by atoms with E-state index in [9.17, 15) is 9.90 Å². The predicted molar refractivity (Wildman–Crippen MR) is 95.9 cm³/mol. The van der Waals surface area contributed by atoms with Gasteiger partial charge in [-0.25, -0.2) is 9.97 Å². The zero-order valence-corrected chi connectivity index (χ0v) is 14.2. The SMILES string of the molecule is Cn1ccnc1C1CCN(c2nc3ccccc3c(=O)n2CCO)C1. The van der Waals surface area contributed by atoms with Crippen molar-refractivity contribution in [1.29, 1.82) is 0 Å². The summed E-state index contributed by atoms with van der Waals surface area (Å²) in [5.74, 6) is 2.00. The van der Waals surface area contributed by atoms with Gasteiger partial charge in [-0.2, -0.15) is 0 Å². The fraction of sp³-hybridized carbons (Fsp3) is 0.389. The molecule has 130 valence electrons. The van der Waals surface area contributed by atoms with Gasteiger partial charge in [-0.05, 0) is 18.6 Å². The van der Waals surface area contributed by atoms with Crippen LogP contribution in [-0.4, -0.2) is 43.9 Å². The number of aliphatic hydroxyl groups excluding tert-OH is 1. The Balaban J connectivity index is 1.75. The molecule has 1 atom stereocenters. The molecular formula is C18H21N5O2. The average molecular weight is 339 g/mol. The Morgan fingerprint density at radius 1 is 1.32 bits per heavy atom. The molecule has 2 aromatic heterocycles. The highest BCUT2D eigenvalue weighted by Gasteiger charge is 2.29. The van der Waals surface area contributed by atoms with Gasteiger partial charge in [-0.15, -0.1) is 0 Å². The fourth-order valence-corrected chi connectivity index (χ4v) is 3.62. The van der Waals surface area contributed by atoms with E-state index in [4.69, 9.17) is 4.98 Å². The molecule has 1 aromatic carbocycles. The zero-order chi connectivity index (χ0) is 17.4. The number of benzene rings is 1. The highest BCUT2D eigenvalue weighted by molar-refractivity contribution is 5.78. The second-order valence-electron chi connectivity index (χ2n) is 6.44. The zero-order valence-electron chi connectivity index (χ0n) is 14.2. The highest BCUT2D eigenvalue weighted by atomic mass is 16.3. The van der Waals surface area contributed by atoms with E-state index in [0.717, 1.165) is 25.3 Å². The molecule has 0 saturated carbocycles. The summed E-state index contributed by atoms with van der Waals surface area (Å²) in [6.45, 7) is 1.73. The summed E-state index contributed by atoms with van der Waals surface area (Å²) in [6, 6.07) is 7.36. The van der Waals surface area contributed by atoms with Crippen molar-refractivity contribution < 1.29 is 5.11 Å². The third-order valence-corrected chi connectivity index (χ3v) is 4.86. The lowest BCUT2D eigenvalue weighted by atomic mass is 10.1. The van der Waals surface area contributed by atoms with Gasteiger partial charge in [-0.1, -0.05) is 12.1 Å². The second kappa shape index (κ2) is 6.33. The van der Waals surface area contributed by atoms with Gasteiger partial charge in [0.25, 0.3) is 5.56 Å². The van der Waals surface area contributed by atoms with Crippen molar-refractivity contribution in [2.45, 2.75) is 18.9 Å². The number of para-hydroxylation sites is 1. The Bertz CT molecular complexity index is 961. The molecule has 0 aliphatic carbocycles. The minimum atomic E-state index is -0.102. The quantitative estimate of drug-likeness (QED) is 0.771. The Kier molecular flexibility index (Phi) is 4.01. The molecule has 0 radical (unpaired) electrons. The normalized spacial score (nSPS) is 17.5. The number of rotatable bonds is 4. The molecule has 4 rings (SSSR count). The molecular weight excluding hydrogens is 318 g/mol. The predicted octanol–water partition coefficient (Wildman–Crippen LogP) is 1.12. The first-order chi connectivity index (χ1) is 12.2. The molecule has 1 aliphatic rings. The number of fused-ring (bicyclic) bond motifs is 1. The van der Waals surface area contributed by atoms with Crippen molar-refractivity contribution in [3.05, 3.63) is 52.8 Å². The van der Waals surface area contributed by atoms with Gasteiger partial charge in [0.2, 0.25) is 5.95 Å². The van der Waals surface area contributed by atoms with E-state index in [1.807, 2.05) is 42.2 Å². The summed E-state index contributed by atoms with van der Waals surface area (Å²) in [5.41, 5.74) is 0.590. The average Bonchev–Trinajstić information content (AvgIpc) is 3.26. The maximum atomic E-state index is 12.8. The Hall–Kier alpha value is -2.67. The first-order valence-corrected chi connectivity index (χ1v) is 8.51. The van der Waals surface area contributed by atoms with E-state index in [1.165, 1.54) is 0 Å². The molecule has 0 amide bonds. The Labute approximate surface area is 145 Å². The molecule has 1 fully saturated rings. The molecule has 1 unspecified atom stereocenters. The molecule has 0 bridgehead atoms. The van der Waals surface area contributed by atoms with Crippen LogP contribution in [-0.2, 0) is 13.6 Å². The number of aryl methyl sites for hydroxylation is 1. The molecule has 1 aliphatic heterocycles. The number of aliphatic hydroxyl groups is 1. The molecule has 1 saturated heterocycles. The first-order valence-electron chi connectivity index (χ1n) is 8.51. The van der Waals surface area contributed by atoms with Crippen LogP contribution in [0.25, 0.3) is 10.9 Å². The summed E-state index contributed by atoms with van der Waals surface area (Å²) < 4.78 is 3.63. The van der Waals surface area contributed by atoms with Crippen molar-refractivity contribution in [2.24, 2.45) is 7.05 Å². The lowest BCUT2D eigenvalue weighted by molar-refractivity contribution is 0.274. The number of hydrogen-bond donors (Lipinski definition) is 1. The number of anilines is 1. The van der Waals surface area contributed by atoms with Crippen molar-refractivity contribution in [2.75, 3.05) is 24.6 Å². The molecule has 25 heavy (non-hydrogen) atoms. The molecule has 7 nitrogen and oxygen atoms in total. The highest BCUT2D eigenvalue weighted by Crippen LogP contribution is 2.29. The molecule has 7 heteroatoms. The molecule has 3 aromatic rings. The van der Waals surface area contributed by atoms with Gasteiger partial charge in [-0.3, -0.25) is 9.36 Å². The van der Waals surface area contributed by atoms with Crippen molar-refractivity contribution in [3.8, 4) is 0 Å². The largest absolute Gasteiger partial charge is 0.395 e. The number of nitrogens with zero attached hydrogens (tertiary/aromatic N) is 5. The van der Waals surface area contributed by atoms with Crippen LogP contribution in [0.3, 0.4) is 0 Å². The summed E-state index contributed by atoms with van der Waals surface area (Å²) in [6.07, 6.45) is 4.73. The minimum absolute atomic E-state index is 0.0937. The van der Waals surface area contributed by atoms with E-state index in [1.54, 1.807) is 10.6 Å². The van der Waals surface area contributed by atoms with E-state index >= 15 is 0 Å². The van der Waals surface area contributed by atoms with Crippen molar-refractivity contribution >= 4 is 16.9 Å². The van der Waals surface area contributed by atoms with Gasteiger partial charge in [0, 0.05) is 38.4 Å². The van der Waals surface area contributed by atoms with Crippen LogP contribution in [0, 0.1) is 0 Å². The Morgan fingerprint density at radius 3 is 2.92 bits per heavy atom. The first kappa shape index (κ1) is 15.8. The molecule has 1 N–H and O–H groups in total. The topological polar surface area (TPSA) is 76.2 Å². The third-order valence-electron chi connectivity index (χ3n) is 4.86. The Morgan fingerprint density at radius 2 is 2.16 bits per heavy atom. The number of aromatic nitrogens is 4. The van der Waals surface area contributed by atoms with E-state index in [-0.39, 0.29) is 18.7 Å². The monoisotopic (exact) mass is 339 g/mol. The summed E-state index contributed by atoms with van der Waals surface area (Å²) in [5, 5.41) is 9.99. The maximum Gasteiger partial charge on any atom is 0.262 e. The van der Waals surface area contributed by atoms with E-state index in [0.29, 0.717) is 22.8 Å². The van der Waals surface area contributed by atoms with E-state index < -0.39 is 0 Å². The number of hydrogen-bond acceptors (Lipinski definition) is 5. The van der Waals surface area contributed by atoms with Crippen LogP contribution in [0.5, 0.6) is 0 Å². The van der Waals surface area contributed by atoms with Crippen LogP contribution < -0.4 is 10.5 Å². The van der Waals surface area contributed by atoms with Gasteiger partial charge < -0.3 is 14.6 Å². The lowest BCUT2D eigenvalue weighted by Gasteiger charge is -2.22. The standard InChI is InChI=1S/C18H21N5O2/c1-21-9-7-19-16(21)13-6-8-22(12-13)18-20-15-5-3-2-4-14(15)17(25)23(18)10-11-24/h2-5,7,9,13,24H,6,8,10-12H2,1H3.